The Hall–Kier alpha value is -1.92. The third-order valence-corrected chi connectivity index (χ3v) is 3.45. The summed E-state index contributed by atoms with van der Waals surface area (Å²) >= 11 is 3.26. The van der Waals surface area contributed by atoms with Gasteiger partial charge in [-0.2, -0.15) is 0 Å². The predicted molar refractivity (Wildman–Crippen MR) is 82.8 cm³/mol. The molecule has 0 spiro atoms. The minimum Gasteiger partial charge on any atom is -0.394 e. The monoisotopic (exact) mass is 350 g/mol. The molecule has 110 valence electrons. The highest BCUT2D eigenvalue weighted by molar-refractivity contribution is 9.10. The van der Waals surface area contributed by atoms with Crippen LogP contribution >= 0.6 is 15.9 Å². The standard InChI is InChI=1S/C15H15BrN2O3/c16-12-6-7-15(21)18(8-12)9-14(20)17-13(10-19)11-4-2-1-3-5-11/h1-8,13,19H,9-10H2,(H,17,20)/t13-/m1/s1. The maximum Gasteiger partial charge on any atom is 0.251 e. The van der Waals surface area contributed by atoms with Crippen LogP contribution in [-0.2, 0) is 11.3 Å². The minimum atomic E-state index is -0.485. The Labute approximate surface area is 130 Å². The van der Waals surface area contributed by atoms with Crippen molar-refractivity contribution in [2.24, 2.45) is 0 Å². The van der Waals surface area contributed by atoms with Crippen molar-refractivity contribution in [3.63, 3.8) is 0 Å². The van der Waals surface area contributed by atoms with E-state index in [2.05, 4.69) is 21.2 Å². The number of carbonyl (C=O) groups excluding carboxylic acids is 1. The molecule has 0 aliphatic heterocycles. The molecule has 0 saturated carbocycles. The summed E-state index contributed by atoms with van der Waals surface area (Å²) in [7, 11) is 0. The number of nitrogens with one attached hydrogen (secondary N) is 1. The molecule has 0 aliphatic rings. The SMILES string of the molecule is O=C(Cn1cc(Br)ccc1=O)N[C@H](CO)c1ccccc1. The number of amides is 1. The summed E-state index contributed by atoms with van der Waals surface area (Å²) in [5.41, 5.74) is 0.559. The van der Waals surface area contributed by atoms with Crippen LogP contribution in [0.3, 0.4) is 0 Å². The van der Waals surface area contributed by atoms with Crippen molar-refractivity contribution in [3.05, 3.63) is 69.1 Å². The summed E-state index contributed by atoms with van der Waals surface area (Å²) in [6.45, 7) is -0.301. The van der Waals surface area contributed by atoms with Crippen molar-refractivity contribution in [1.82, 2.24) is 9.88 Å². The van der Waals surface area contributed by atoms with Crippen LogP contribution in [0.15, 0.2) is 57.9 Å². The number of carbonyl (C=O) groups is 1. The number of pyridine rings is 1. The summed E-state index contributed by atoms with van der Waals surface area (Å²) < 4.78 is 2.02. The van der Waals surface area contributed by atoms with Gasteiger partial charge in [-0.15, -0.1) is 0 Å². The largest absolute Gasteiger partial charge is 0.394 e. The maximum absolute atomic E-state index is 12.0. The van der Waals surface area contributed by atoms with Gasteiger partial charge in [-0.05, 0) is 27.6 Å². The molecule has 2 rings (SSSR count). The first-order valence-electron chi connectivity index (χ1n) is 6.41. The van der Waals surface area contributed by atoms with Gasteiger partial charge in [-0.3, -0.25) is 9.59 Å². The van der Waals surface area contributed by atoms with E-state index >= 15 is 0 Å². The van der Waals surface area contributed by atoms with Crippen molar-refractivity contribution >= 4 is 21.8 Å². The van der Waals surface area contributed by atoms with Gasteiger partial charge in [0.1, 0.15) is 6.54 Å². The number of halogens is 1. The molecule has 1 aromatic carbocycles. The van der Waals surface area contributed by atoms with Crippen molar-refractivity contribution in [2.75, 3.05) is 6.61 Å². The second-order valence-corrected chi connectivity index (χ2v) is 5.44. The lowest BCUT2D eigenvalue weighted by Crippen LogP contribution is -2.35. The number of aliphatic hydroxyl groups excluding tert-OH is 1. The molecule has 0 fully saturated rings. The van der Waals surface area contributed by atoms with Gasteiger partial charge in [-0.1, -0.05) is 30.3 Å². The molecule has 0 bridgehead atoms. The van der Waals surface area contributed by atoms with Gasteiger partial charge in [-0.25, -0.2) is 0 Å². The second kappa shape index (κ2) is 7.19. The molecular weight excluding hydrogens is 336 g/mol. The van der Waals surface area contributed by atoms with Crippen LogP contribution < -0.4 is 10.9 Å². The normalized spacial score (nSPS) is 11.9. The number of nitrogens with zero attached hydrogens (tertiary/aromatic N) is 1. The zero-order valence-electron chi connectivity index (χ0n) is 11.2. The lowest BCUT2D eigenvalue weighted by molar-refractivity contribution is -0.122. The molecule has 2 N–H and O–H groups in total. The first-order valence-corrected chi connectivity index (χ1v) is 7.20. The Morgan fingerprint density at radius 2 is 1.95 bits per heavy atom. The third kappa shape index (κ3) is 4.27. The van der Waals surface area contributed by atoms with Crippen LogP contribution in [0.4, 0.5) is 0 Å². The fraction of sp³-hybridized carbons (Fsp3) is 0.200. The van der Waals surface area contributed by atoms with Crippen LogP contribution in [-0.4, -0.2) is 22.2 Å². The summed E-state index contributed by atoms with van der Waals surface area (Å²) in [6, 6.07) is 11.7. The molecular formula is C15H15BrN2O3. The molecule has 0 saturated heterocycles. The first-order chi connectivity index (χ1) is 10.1. The van der Waals surface area contributed by atoms with Crippen molar-refractivity contribution < 1.29 is 9.90 Å². The topological polar surface area (TPSA) is 71.3 Å². The van der Waals surface area contributed by atoms with Gasteiger partial charge in [0.05, 0.1) is 12.6 Å². The van der Waals surface area contributed by atoms with Crippen LogP contribution in [0.2, 0.25) is 0 Å². The number of aliphatic hydroxyl groups is 1. The first kappa shape index (κ1) is 15.5. The fourth-order valence-corrected chi connectivity index (χ4v) is 2.32. The van der Waals surface area contributed by atoms with E-state index in [0.717, 1.165) is 10.0 Å². The van der Waals surface area contributed by atoms with Gasteiger partial charge in [0.15, 0.2) is 0 Å². The van der Waals surface area contributed by atoms with Crippen LogP contribution in [0, 0.1) is 0 Å². The fourth-order valence-electron chi connectivity index (χ4n) is 1.94. The lowest BCUT2D eigenvalue weighted by Gasteiger charge is -2.17. The lowest BCUT2D eigenvalue weighted by atomic mass is 10.1. The second-order valence-electron chi connectivity index (χ2n) is 4.53. The Morgan fingerprint density at radius 1 is 1.24 bits per heavy atom. The minimum absolute atomic E-state index is 0.0956. The third-order valence-electron chi connectivity index (χ3n) is 2.98. The molecule has 21 heavy (non-hydrogen) atoms. The van der Waals surface area contributed by atoms with E-state index in [1.165, 1.54) is 10.6 Å². The Bertz CT molecular complexity index is 670. The van der Waals surface area contributed by atoms with Gasteiger partial charge in [0, 0.05) is 16.7 Å². The van der Waals surface area contributed by atoms with E-state index in [1.807, 2.05) is 30.3 Å². The number of hydrogen-bond acceptors (Lipinski definition) is 3. The van der Waals surface area contributed by atoms with Crippen molar-refractivity contribution in [3.8, 4) is 0 Å². The van der Waals surface area contributed by atoms with Gasteiger partial charge < -0.3 is 15.0 Å². The highest BCUT2D eigenvalue weighted by atomic mass is 79.9. The Balaban J connectivity index is 2.07. The number of rotatable bonds is 5. The van der Waals surface area contributed by atoms with E-state index in [1.54, 1.807) is 12.3 Å². The van der Waals surface area contributed by atoms with E-state index in [9.17, 15) is 14.7 Å². The highest BCUT2D eigenvalue weighted by Gasteiger charge is 2.14. The Kier molecular flexibility index (Phi) is 5.30. The highest BCUT2D eigenvalue weighted by Crippen LogP contribution is 2.11. The molecule has 0 aliphatic carbocycles. The maximum atomic E-state index is 12.0. The molecule has 1 aromatic heterocycles. The van der Waals surface area contributed by atoms with Crippen LogP contribution in [0.25, 0.3) is 0 Å². The number of hydrogen-bond donors (Lipinski definition) is 2. The van der Waals surface area contributed by atoms with E-state index in [-0.39, 0.29) is 24.6 Å². The zero-order valence-corrected chi connectivity index (χ0v) is 12.8. The summed E-state index contributed by atoms with van der Waals surface area (Å²) in [5.74, 6) is -0.335. The van der Waals surface area contributed by atoms with Gasteiger partial charge in [0.25, 0.3) is 5.56 Å². The van der Waals surface area contributed by atoms with E-state index < -0.39 is 6.04 Å². The number of aromatic nitrogens is 1. The van der Waals surface area contributed by atoms with E-state index in [4.69, 9.17) is 0 Å². The van der Waals surface area contributed by atoms with E-state index in [0.29, 0.717) is 0 Å². The Morgan fingerprint density at radius 3 is 2.62 bits per heavy atom. The number of benzene rings is 1. The van der Waals surface area contributed by atoms with Crippen LogP contribution in [0.5, 0.6) is 0 Å². The van der Waals surface area contributed by atoms with Crippen LogP contribution in [0.1, 0.15) is 11.6 Å². The molecule has 2 aromatic rings. The quantitative estimate of drug-likeness (QED) is 0.857. The average Bonchev–Trinajstić information content (AvgIpc) is 2.49. The van der Waals surface area contributed by atoms with Crippen molar-refractivity contribution in [2.45, 2.75) is 12.6 Å². The summed E-state index contributed by atoms with van der Waals surface area (Å²) in [6.07, 6.45) is 1.55. The summed E-state index contributed by atoms with van der Waals surface area (Å²) in [4.78, 5) is 23.7. The van der Waals surface area contributed by atoms with Crippen molar-refractivity contribution in [1.29, 1.82) is 0 Å². The molecule has 0 radical (unpaired) electrons. The zero-order chi connectivity index (χ0) is 15.2. The molecule has 0 unspecified atom stereocenters. The molecule has 6 heteroatoms. The molecule has 1 amide bonds. The smallest absolute Gasteiger partial charge is 0.251 e. The molecule has 5 nitrogen and oxygen atoms in total. The molecule has 1 heterocycles. The predicted octanol–water partition coefficient (Wildman–Crippen LogP) is 1.46. The van der Waals surface area contributed by atoms with Gasteiger partial charge >= 0.3 is 0 Å². The molecule has 1 atom stereocenters. The average molecular weight is 351 g/mol. The van der Waals surface area contributed by atoms with Gasteiger partial charge in [0.2, 0.25) is 5.91 Å². The summed E-state index contributed by atoms with van der Waals surface area (Å²) in [5, 5.41) is 12.1.